The van der Waals surface area contributed by atoms with Gasteiger partial charge in [-0.25, -0.2) is 13.8 Å². The molecule has 0 saturated heterocycles. The maximum absolute atomic E-state index is 13.3. The Morgan fingerprint density at radius 3 is 2.64 bits per heavy atom. The topological polar surface area (TPSA) is 74.8 Å². The molecular weight excluding hydrogens is 384 g/mol. The van der Waals surface area contributed by atoms with Crippen LogP contribution in [0.25, 0.3) is 0 Å². The number of rotatable bonds is 6. The zero-order valence-corrected chi connectivity index (χ0v) is 16.5. The third-order valence-corrected chi connectivity index (χ3v) is 5.27. The summed E-state index contributed by atoms with van der Waals surface area (Å²) in [6.07, 6.45) is 2.51. The summed E-state index contributed by atoms with van der Waals surface area (Å²) in [6, 6.07) is 3.74. The van der Waals surface area contributed by atoms with Gasteiger partial charge in [-0.1, -0.05) is 13.0 Å². The molecule has 0 unspecified atom stereocenters. The molecule has 0 spiro atoms. The number of aromatic amines is 1. The van der Waals surface area contributed by atoms with Crippen molar-refractivity contribution in [3.8, 4) is 0 Å². The zero-order chi connectivity index (χ0) is 20.4. The Labute approximate surface area is 164 Å². The second kappa shape index (κ2) is 8.02. The number of carbonyl (C=O) groups is 2. The van der Waals surface area contributed by atoms with Crippen LogP contribution in [-0.2, 0) is 12.8 Å². The molecule has 0 fully saturated rings. The van der Waals surface area contributed by atoms with Crippen LogP contribution >= 0.6 is 11.3 Å². The molecule has 0 aliphatic rings. The Bertz CT molecular complexity index is 1060. The molecule has 0 bridgehead atoms. The van der Waals surface area contributed by atoms with E-state index in [1.165, 1.54) is 24.3 Å². The van der Waals surface area contributed by atoms with Crippen LogP contribution in [0.15, 0.2) is 24.4 Å². The second-order valence-corrected chi connectivity index (χ2v) is 7.51. The molecule has 2 heterocycles. The number of halogens is 2. The van der Waals surface area contributed by atoms with E-state index in [0.29, 0.717) is 46.1 Å². The number of anilines is 1. The quantitative estimate of drug-likeness (QED) is 0.588. The first-order valence-electron chi connectivity index (χ1n) is 8.72. The number of nitrogens with one attached hydrogen (secondary N) is 2. The molecule has 0 aliphatic heterocycles. The lowest BCUT2D eigenvalue weighted by molar-refractivity contribution is 0.101. The van der Waals surface area contributed by atoms with E-state index in [1.807, 2.05) is 6.92 Å². The van der Waals surface area contributed by atoms with Crippen molar-refractivity contribution in [2.45, 2.75) is 33.6 Å². The number of hydrogen-bond donors (Lipinski definition) is 2. The number of ketones is 1. The number of benzene rings is 1. The van der Waals surface area contributed by atoms with Gasteiger partial charge in [-0.05, 0) is 43.5 Å². The molecule has 8 heteroatoms. The Morgan fingerprint density at radius 2 is 2.00 bits per heavy atom. The van der Waals surface area contributed by atoms with Crippen LogP contribution < -0.4 is 5.32 Å². The highest BCUT2D eigenvalue weighted by atomic mass is 32.1. The molecule has 2 N–H and O–H groups in total. The summed E-state index contributed by atoms with van der Waals surface area (Å²) in [7, 11) is 0. The van der Waals surface area contributed by atoms with E-state index in [-0.39, 0.29) is 11.7 Å². The van der Waals surface area contributed by atoms with E-state index < -0.39 is 11.6 Å². The zero-order valence-electron chi connectivity index (χ0n) is 15.7. The Hall–Kier alpha value is -2.87. The van der Waals surface area contributed by atoms with Gasteiger partial charge in [0.1, 0.15) is 5.69 Å². The lowest BCUT2D eigenvalue weighted by Crippen LogP contribution is -2.14. The minimum atomic E-state index is -0.897. The Balaban J connectivity index is 1.76. The van der Waals surface area contributed by atoms with Crippen molar-refractivity contribution in [2.24, 2.45) is 0 Å². The monoisotopic (exact) mass is 403 g/mol. The average Bonchev–Trinajstić information content (AvgIpc) is 3.21. The molecule has 2 aromatic heterocycles. The Morgan fingerprint density at radius 1 is 1.25 bits per heavy atom. The molecule has 28 heavy (non-hydrogen) atoms. The number of carbonyl (C=O) groups excluding carboxylic acids is 2. The highest BCUT2D eigenvalue weighted by Gasteiger charge is 2.22. The SMILES string of the molecule is CCc1c(C(=O)Nc2ncc(Cc3ccc(F)c(F)c3)s2)[nH]c(C)c1C(C)=O. The molecule has 5 nitrogen and oxygen atoms in total. The molecular formula is C20H19F2N3O2S. The predicted octanol–water partition coefficient (Wildman–Crippen LogP) is 4.67. The van der Waals surface area contributed by atoms with Crippen LogP contribution in [0, 0.1) is 18.6 Å². The lowest BCUT2D eigenvalue weighted by Gasteiger charge is -2.03. The van der Waals surface area contributed by atoms with Crippen molar-refractivity contribution in [2.75, 3.05) is 5.32 Å². The van der Waals surface area contributed by atoms with Gasteiger partial charge in [0.25, 0.3) is 5.91 Å². The Kier molecular flexibility index (Phi) is 5.69. The first kappa shape index (κ1) is 19.9. The van der Waals surface area contributed by atoms with Crippen molar-refractivity contribution in [1.82, 2.24) is 9.97 Å². The van der Waals surface area contributed by atoms with Gasteiger partial charge in [0, 0.05) is 28.8 Å². The van der Waals surface area contributed by atoms with Gasteiger partial charge in [0.15, 0.2) is 22.5 Å². The molecule has 1 amide bonds. The molecule has 0 saturated carbocycles. The van der Waals surface area contributed by atoms with Crippen LogP contribution in [0.2, 0.25) is 0 Å². The van der Waals surface area contributed by atoms with Crippen LogP contribution in [0.5, 0.6) is 0 Å². The third-order valence-electron chi connectivity index (χ3n) is 4.36. The summed E-state index contributed by atoms with van der Waals surface area (Å²) >= 11 is 1.25. The molecule has 3 rings (SSSR count). The molecule has 1 aromatic carbocycles. The predicted molar refractivity (Wildman–Crippen MR) is 104 cm³/mol. The van der Waals surface area contributed by atoms with Gasteiger partial charge in [0.2, 0.25) is 0 Å². The molecule has 0 atom stereocenters. The number of aryl methyl sites for hydroxylation is 1. The van der Waals surface area contributed by atoms with Crippen molar-refractivity contribution in [3.05, 3.63) is 69.0 Å². The maximum Gasteiger partial charge on any atom is 0.274 e. The number of nitrogens with zero attached hydrogens (tertiary/aromatic N) is 1. The largest absolute Gasteiger partial charge is 0.354 e. The third kappa shape index (κ3) is 4.01. The van der Waals surface area contributed by atoms with Crippen molar-refractivity contribution in [1.29, 1.82) is 0 Å². The summed E-state index contributed by atoms with van der Waals surface area (Å²) < 4.78 is 26.4. The fourth-order valence-electron chi connectivity index (χ4n) is 3.16. The van der Waals surface area contributed by atoms with Gasteiger partial charge in [-0.2, -0.15) is 0 Å². The highest BCUT2D eigenvalue weighted by molar-refractivity contribution is 7.15. The summed E-state index contributed by atoms with van der Waals surface area (Å²) in [5.74, 6) is -2.25. The number of H-pyrrole nitrogens is 1. The molecule has 146 valence electrons. The average molecular weight is 403 g/mol. The van der Waals surface area contributed by atoms with Crippen molar-refractivity contribution in [3.63, 3.8) is 0 Å². The van der Waals surface area contributed by atoms with E-state index in [4.69, 9.17) is 0 Å². The van der Waals surface area contributed by atoms with Gasteiger partial charge >= 0.3 is 0 Å². The fraction of sp³-hybridized carbons (Fsp3) is 0.250. The number of thiazole rings is 1. The van der Waals surface area contributed by atoms with Gasteiger partial charge in [-0.15, -0.1) is 11.3 Å². The van der Waals surface area contributed by atoms with Crippen LogP contribution in [-0.4, -0.2) is 21.7 Å². The number of amides is 1. The van der Waals surface area contributed by atoms with Crippen molar-refractivity contribution < 1.29 is 18.4 Å². The van der Waals surface area contributed by atoms with Gasteiger partial charge < -0.3 is 4.98 Å². The van der Waals surface area contributed by atoms with Crippen LogP contribution in [0.3, 0.4) is 0 Å². The minimum Gasteiger partial charge on any atom is -0.354 e. The van der Waals surface area contributed by atoms with Gasteiger partial charge in [-0.3, -0.25) is 14.9 Å². The minimum absolute atomic E-state index is 0.0901. The van der Waals surface area contributed by atoms with Crippen LogP contribution in [0.1, 0.15) is 56.4 Å². The second-order valence-electron chi connectivity index (χ2n) is 6.40. The highest BCUT2D eigenvalue weighted by Crippen LogP contribution is 2.25. The summed E-state index contributed by atoms with van der Waals surface area (Å²) in [6.45, 7) is 5.12. The standard InChI is InChI=1S/C20H19F2N3O2S/c1-4-14-17(11(3)26)10(2)24-18(14)19(27)25-20-23-9-13(28-20)7-12-5-6-15(21)16(22)8-12/h5-6,8-9,24H,4,7H2,1-3H3,(H,23,25,27). The number of aromatic nitrogens is 2. The summed E-state index contributed by atoms with van der Waals surface area (Å²) in [5, 5.41) is 3.12. The molecule has 0 radical (unpaired) electrons. The summed E-state index contributed by atoms with van der Waals surface area (Å²) in [4.78, 5) is 32.5. The van der Waals surface area contributed by atoms with E-state index >= 15 is 0 Å². The van der Waals surface area contributed by atoms with Crippen LogP contribution in [0.4, 0.5) is 13.9 Å². The van der Waals surface area contributed by atoms with E-state index in [0.717, 1.165) is 17.0 Å². The van der Waals surface area contributed by atoms with E-state index in [9.17, 15) is 18.4 Å². The van der Waals surface area contributed by atoms with E-state index in [1.54, 1.807) is 13.1 Å². The lowest BCUT2D eigenvalue weighted by atomic mass is 10.0. The fourth-order valence-corrected chi connectivity index (χ4v) is 4.00. The number of Topliss-reactive ketones (excluding diaryl/α,β-unsaturated/α-hetero) is 1. The first-order chi connectivity index (χ1) is 13.3. The normalized spacial score (nSPS) is 10.9. The summed E-state index contributed by atoms with van der Waals surface area (Å²) in [5.41, 5.74) is 2.85. The molecule has 0 aliphatic carbocycles. The van der Waals surface area contributed by atoms with Crippen molar-refractivity contribution >= 4 is 28.2 Å². The smallest absolute Gasteiger partial charge is 0.274 e. The maximum atomic E-state index is 13.3. The molecule has 3 aromatic rings. The number of hydrogen-bond acceptors (Lipinski definition) is 4. The first-order valence-corrected chi connectivity index (χ1v) is 9.54. The van der Waals surface area contributed by atoms with Gasteiger partial charge in [0.05, 0.1) is 0 Å². The van der Waals surface area contributed by atoms with E-state index in [2.05, 4.69) is 15.3 Å².